The number of rotatable bonds is 3. The van der Waals surface area contributed by atoms with Crippen LogP contribution in [0.2, 0.25) is 31.2 Å². The van der Waals surface area contributed by atoms with Gasteiger partial charge in [0, 0.05) is 5.54 Å². The summed E-state index contributed by atoms with van der Waals surface area (Å²) in [6, 6.07) is 19.0. The molecule has 0 amide bonds. The van der Waals surface area contributed by atoms with Crippen LogP contribution >= 0.6 is 0 Å². The highest BCUT2D eigenvalue weighted by atomic mass is 28.3. The van der Waals surface area contributed by atoms with E-state index in [0.29, 0.717) is 5.75 Å². The van der Waals surface area contributed by atoms with Gasteiger partial charge in [-0.3, -0.25) is 0 Å². The van der Waals surface area contributed by atoms with Gasteiger partial charge in [0.05, 0.1) is 16.1 Å². The molecule has 1 nitrogen and oxygen atoms in total. The number of hydrogen-bond donors (Lipinski definition) is 1. The van der Waals surface area contributed by atoms with E-state index in [-0.39, 0.29) is 21.4 Å². The van der Waals surface area contributed by atoms with Gasteiger partial charge in [-0.15, -0.1) is 0 Å². The minimum absolute atomic E-state index is 0.0810. The second-order valence-electron chi connectivity index (χ2n) is 16.3. The number of hydrogen-bond acceptors (Lipinski definition) is 1. The first-order valence-corrected chi connectivity index (χ1v) is 20.8. The van der Waals surface area contributed by atoms with E-state index in [9.17, 15) is 5.11 Å². The van der Waals surface area contributed by atoms with E-state index in [1.807, 2.05) is 0 Å². The summed E-state index contributed by atoms with van der Waals surface area (Å²) in [5, 5.41) is 14.7. The first kappa shape index (κ1) is 29.9. The average molecular weight is 557 g/mol. The number of fused-ring (bicyclic) bond motifs is 3. The molecular weight excluding hydrogens is 505 g/mol. The summed E-state index contributed by atoms with van der Waals surface area (Å²) >= 11 is 0. The highest BCUT2D eigenvalue weighted by molar-refractivity contribution is 6.95. The van der Waals surface area contributed by atoms with Gasteiger partial charge in [0.1, 0.15) is 5.75 Å². The third-order valence-corrected chi connectivity index (χ3v) is 19.3. The van der Waals surface area contributed by atoms with E-state index in [1.54, 1.807) is 0 Å². The first-order valence-electron chi connectivity index (χ1n) is 14.7. The molecule has 0 spiro atoms. The first-order chi connectivity index (χ1) is 17.6. The fraction of sp³-hybridized carbons (Fsp3) is 0.500. The molecule has 0 aliphatic heterocycles. The molecule has 3 aromatic carbocycles. The van der Waals surface area contributed by atoms with Crippen LogP contribution in [-0.4, -0.2) is 21.3 Å². The fourth-order valence-electron chi connectivity index (χ4n) is 6.28. The SMILES string of the molecule is Cc1cc([Si](C)(C)C2c3cc(C(C)(C)C)ccc3-c3ccc(C(C)(C)C)cc32)c(O)c([Si](C)(C)C(C)(C)C)c1. The predicted molar refractivity (Wildman–Crippen MR) is 178 cm³/mol. The molecule has 0 radical (unpaired) electrons. The molecule has 4 rings (SSSR count). The Kier molecular flexibility index (Phi) is 7.05. The summed E-state index contributed by atoms with van der Waals surface area (Å²) in [7, 11) is -4.23. The Morgan fingerprint density at radius 1 is 0.615 bits per heavy atom. The zero-order valence-electron chi connectivity index (χ0n) is 27.1. The zero-order valence-corrected chi connectivity index (χ0v) is 29.1. The van der Waals surface area contributed by atoms with Crippen molar-refractivity contribution in [1.29, 1.82) is 0 Å². The predicted octanol–water partition coefficient (Wildman–Crippen LogP) is 9.28. The van der Waals surface area contributed by atoms with Crippen LogP contribution in [0.3, 0.4) is 0 Å². The van der Waals surface area contributed by atoms with E-state index >= 15 is 0 Å². The summed E-state index contributed by atoms with van der Waals surface area (Å²) in [6.45, 7) is 32.9. The fourth-order valence-corrected chi connectivity index (χ4v) is 12.2. The molecule has 0 heterocycles. The van der Waals surface area contributed by atoms with Crippen molar-refractivity contribution in [2.75, 3.05) is 0 Å². The van der Waals surface area contributed by atoms with Crippen LogP contribution in [0.15, 0.2) is 48.5 Å². The third-order valence-electron chi connectivity index (χ3n) is 9.97. The molecule has 0 saturated carbocycles. The van der Waals surface area contributed by atoms with Gasteiger partial charge in [0.2, 0.25) is 0 Å². The molecule has 3 heteroatoms. The molecule has 1 aliphatic rings. The van der Waals surface area contributed by atoms with Crippen LogP contribution in [0.1, 0.15) is 95.7 Å². The lowest BCUT2D eigenvalue weighted by molar-refractivity contribution is 0.482. The van der Waals surface area contributed by atoms with Gasteiger partial charge in [-0.05, 0) is 66.5 Å². The number of aryl methyl sites for hydroxylation is 1. The highest BCUT2D eigenvalue weighted by Gasteiger charge is 2.46. The topological polar surface area (TPSA) is 20.2 Å². The van der Waals surface area contributed by atoms with E-state index in [4.69, 9.17) is 0 Å². The molecule has 0 bridgehead atoms. The maximum atomic E-state index is 12.1. The van der Waals surface area contributed by atoms with Gasteiger partial charge in [-0.1, -0.05) is 143 Å². The summed E-state index contributed by atoms with van der Waals surface area (Å²) < 4.78 is 0. The quantitative estimate of drug-likeness (QED) is 0.319. The van der Waals surface area contributed by atoms with Crippen LogP contribution in [0.5, 0.6) is 5.75 Å². The molecule has 210 valence electrons. The maximum Gasteiger partial charge on any atom is 0.114 e. The van der Waals surface area contributed by atoms with Crippen molar-refractivity contribution in [1.82, 2.24) is 0 Å². The minimum Gasteiger partial charge on any atom is -0.508 e. The second-order valence-corrected chi connectivity index (χ2v) is 26.2. The van der Waals surface area contributed by atoms with Crippen LogP contribution in [0, 0.1) is 6.92 Å². The Morgan fingerprint density at radius 3 is 1.41 bits per heavy atom. The molecule has 1 aliphatic carbocycles. The lowest BCUT2D eigenvalue weighted by Gasteiger charge is -2.40. The van der Waals surface area contributed by atoms with Crippen molar-refractivity contribution < 1.29 is 5.11 Å². The Hall–Kier alpha value is -2.11. The number of aromatic hydroxyl groups is 1. The van der Waals surface area contributed by atoms with Crippen molar-refractivity contribution in [3.05, 3.63) is 76.3 Å². The highest BCUT2D eigenvalue weighted by Crippen LogP contribution is 2.51. The molecule has 1 N–H and O–H groups in total. The van der Waals surface area contributed by atoms with Crippen molar-refractivity contribution in [2.24, 2.45) is 0 Å². The van der Waals surface area contributed by atoms with Gasteiger partial charge in [0.15, 0.2) is 0 Å². The van der Waals surface area contributed by atoms with E-state index in [0.717, 1.165) is 0 Å². The van der Waals surface area contributed by atoms with Crippen LogP contribution < -0.4 is 10.4 Å². The molecular formula is C36H52OSi2. The Balaban J connectivity index is 2.04. The third kappa shape index (κ3) is 4.99. The number of phenolic OH excluding ortho intramolecular Hbond substituents is 1. The average Bonchev–Trinajstić information content (AvgIpc) is 3.12. The van der Waals surface area contributed by atoms with Crippen LogP contribution in [-0.2, 0) is 10.8 Å². The lowest BCUT2D eigenvalue weighted by atomic mass is 9.85. The zero-order chi connectivity index (χ0) is 29.5. The van der Waals surface area contributed by atoms with E-state index in [1.165, 1.54) is 49.3 Å². The summed E-state index contributed by atoms with van der Waals surface area (Å²) in [6.07, 6.45) is 0. The molecule has 0 unspecified atom stereocenters. The van der Waals surface area contributed by atoms with Crippen molar-refractivity contribution in [2.45, 2.75) is 117 Å². The molecule has 0 atom stereocenters. The molecule has 0 fully saturated rings. The monoisotopic (exact) mass is 556 g/mol. The Labute approximate surface area is 241 Å². The van der Waals surface area contributed by atoms with Gasteiger partial charge in [-0.2, -0.15) is 0 Å². The molecule has 0 aromatic heterocycles. The summed E-state index contributed by atoms with van der Waals surface area (Å²) in [5.74, 6) is 0.581. The molecule has 39 heavy (non-hydrogen) atoms. The largest absolute Gasteiger partial charge is 0.508 e. The van der Waals surface area contributed by atoms with Gasteiger partial charge in [-0.25, -0.2) is 0 Å². The molecule has 0 saturated heterocycles. The van der Waals surface area contributed by atoms with Crippen molar-refractivity contribution in [3.63, 3.8) is 0 Å². The summed E-state index contributed by atoms with van der Waals surface area (Å²) in [4.78, 5) is 0. The van der Waals surface area contributed by atoms with Crippen LogP contribution in [0.25, 0.3) is 11.1 Å². The minimum atomic E-state index is -2.29. The van der Waals surface area contributed by atoms with E-state index < -0.39 is 16.1 Å². The smallest absolute Gasteiger partial charge is 0.114 e. The normalized spacial score (nSPS) is 14.9. The van der Waals surface area contributed by atoms with Gasteiger partial charge in [0.25, 0.3) is 0 Å². The van der Waals surface area contributed by atoms with Gasteiger partial charge >= 0.3 is 0 Å². The Morgan fingerprint density at radius 2 is 1.03 bits per heavy atom. The van der Waals surface area contributed by atoms with Crippen molar-refractivity contribution >= 4 is 26.5 Å². The maximum absolute atomic E-state index is 12.1. The second kappa shape index (κ2) is 9.21. The Bertz CT molecular complexity index is 1360. The van der Waals surface area contributed by atoms with Gasteiger partial charge < -0.3 is 5.11 Å². The number of phenols is 1. The summed E-state index contributed by atoms with van der Waals surface area (Å²) in [5.41, 5.74) is 10.1. The standard InChI is InChI=1S/C36H52OSi2/c1-23-19-30(32(37)31(20-23)39(13,14)36(8,9)10)38(11,12)33-28-21-24(34(2,3)4)15-17-26(28)27-18-16-25(22-29(27)33)35(5,6)7/h15-22,33,37H,1-14H3. The molecule has 3 aromatic rings. The number of benzene rings is 3. The van der Waals surface area contributed by atoms with Crippen molar-refractivity contribution in [3.8, 4) is 16.9 Å². The van der Waals surface area contributed by atoms with E-state index in [2.05, 4.69) is 144 Å². The van der Waals surface area contributed by atoms with Crippen LogP contribution in [0.4, 0.5) is 0 Å². The lowest BCUT2D eigenvalue weighted by Crippen LogP contribution is -2.54.